The second kappa shape index (κ2) is 8.07. The smallest absolute Gasteiger partial charge is 0.153 e. The summed E-state index contributed by atoms with van der Waals surface area (Å²) in [6, 6.07) is 30.1. The number of nitrogens with zero attached hydrogens (tertiary/aromatic N) is 2. The Hall–Kier alpha value is -3.79. The summed E-state index contributed by atoms with van der Waals surface area (Å²) < 4.78 is 16.2. The van der Waals surface area contributed by atoms with Gasteiger partial charge in [-0.3, -0.25) is 4.79 Å². The summed E-state index contributed by atoms with van der Waals surface area (Å²) in [7, 11) is 0. The van der Waals surface area contributed by atoms with E-state index in [4.69, 9.17) is 0 Å². The zero-order valence-electron chi connectivity index (χ0n) is 15.7. The van der Waals surface area contributed by atoms with Crippen molar-refractivity contribution in [3.05, 3.63) is 132 Å². The zero-order chi connectivity index (χ0) is 20.1. The molecule has 1 aromatic heterocycles. The Morgan fingerprint density at radius 3 is 1.66 bits per heavy atom. The highest BCUT2D eigenvalue weighted by Gasteiger charge is 2.38. The summed E-state index contributed by atoms with van der Waals surface area (Å²) >= 11 is 0. The van der Waals surface area contributed by atoms with E-state index in [1.165, 1.54) is 0 Å². The third-order valence-corrected chi connectivity index (χ3v) is 5.00. The van der Waals surface area contributed by atoms with Gasteiger partial charge in [0.2, 0.25) is 0 Å². The van der Waals surface area contributed by atoms with Crippen molar-refractivity contribution in [2.24, 2.45) is 0 Å². The van der Waals surface area contributed by atoms with E-state index < -0.39 is 11.4 Å². The number of hydrogen-bond donors (Lipinski definition) is 0. The van der Waals surface area contributed by atoms with Crippen molar-refractivity contribution in [1.29, 1.82) is 0 Å². The predicted octanol–water partition coefficient (Wildman–Crippen LogP) is 5.23. The number of aromatic nitrogens is 2. The maximum absolute atomic E-state index is 14.3. The number of hydrogen-bond acceptors (Lipinski definition) is 2. The molecule has 0 N–H and O–H groups in total. The Labute approximate surface area is 168 Å². The monoisotopic (exact) mass is 382 g/mol. The molecular formula is C25H19FN2O. The highest BCUT2D eigenvalue weighted by Crippen LogP contribution is 2.41. The maximum Gasteiger partial charge on any atom is 0.153 e. The summed E-state index contributed by atoms with van der Waals surface area (Å²) in [6.07, 6.45) is 4.55. The van der Waals surface area contributed by atoms with E-state index in [2.05, 4.69) is 41.4 Å². The lowest BCUT2D eigenvalue weighted by Crippen LogP contribution is -2.36. The van der Waals surface area contributed by atoms with Gasteiger partial charge in [-0.05, 0) is 16.7 Å². The molecule has 0 spiro atoms. The Kier molecular flexibility index (Phi) is 5.16. The number of aldehydes is 1. The molecule has 142 valence electrons. The standard InChI is InChI=1S/C25H19FN2O/c26-23(16-17-29)24-18-28(19-27-24)25(20-10-4-1-5-11-20,21-12-6-2-7-13-21)22-14-8-3-9-15-22/h1-19H/b23-16-. The summed E-state index contributed by atoms with van der Waals surface area (Å²) in [5.74, 6) is -0.665. The number of halogens is 1. The minimum absolute atomic E-state index is 0.115. The summed E-state index contributed by atoms with van der Waals surface area (Å²) in [5, 5.41) is 0. The number of allylic oxidation sites excluding steroid dienone is 1. The molecular weight excluding hydrogens is 363 g/mol. The first-order chi connectivity index (χ1) is 14.3. The summed E-state index contributed by atoms with van der Waals surface area (Å²) in [5.41, 5.74) is 2.41. The van der Waals surface area contributed by atoms with Crippen LogP contribution in [0.2, 0.25) is 0 Å². The second-order valence-electron chi connectivity index (χ2n) is 6.63. The van der Waals surface area contributed by atoms with Gasteiger partial charge in [-0.1, -0.05) is 91.0 Å². The van der Waals surface area contributed by atoms with E-state index in [9.17, 15) is 9.18 Å². The fourth-order valence-electron chi connectivity index (χ4n) is 3.76. The number of benzene rings is 3. The number of carbonyl (C=O) groups is 1. The molecule has 0 saturated carbocycles. The van der Waals surface area contributed by atoms with Crippen molar-refractivity contribution in [3.63, 3.8) is 0 Å². The number of carbonyl (C=O) groups excluding carboxylic acids is 1. The molecule has 0 aliphatic carbocycles. The number of rotatable bonds is 6. The fraction of sp³-hybridized carbons (Fsp3) is 0.0400. The molecule has 4 heteroatoms. The first-order valence-electron chi connectivity index (χ1n) is 9.29. The van der Waals surface area contributed by atoms with E-state index in [0.717, 1.165) is 22.8 Å². The Morgan fingerprint density at radius 1 is 0.793 bits per heavy atom. The van der Waals surface area contributed by atoms with E-state index in [-0.39, 0.29) is 5.69 Å². The van der Waals surface area contributed by atoms with Gasteiger partial charge < -0.3 is 4.57 Å². The lowest BCUT2D eigenvalue weighted by Gasteiger charge is -2.37. The lowest BCUT2D eigenvalue weighted by atomic mass is 9.77. The van der Waals surface area contributed by atoms with Crippen LogP contribution in [0, 0.1) is 0 Å². The molecule has 0 radical (unpaired) electrons. The molecule has 29 heavy (non-hydrogen) atoms. The van der Waals surface area contributed by atoms with E-state index >= 15 is 0 Å². The molecule has 0 fully saturated rings. The minimum atomic E-state index is -0.753. The molecule has 0 aliphatic rings. The van der Waals surface area contributed by atoms with Crippen molar-refractivity contribution >= 4 is 12.1 Å². The van der Waals surface area contributed by atoms with Crippen LogP contribution in [0.1, 0.15) is 22.4 Å². The number of imidazole rings is 1. The predicted molar refractivity (Wildman–Crippen MR) is 112 cm³/mol. The van der Waals surface area contributed by atoms with Crippen LogP contribution >= 0.6 is 0 Å². The first kappa shape index (κ1) is 18.6. The van der Waals surface area contributed by atoms with Gasteiger partial charge in [-0.15, -0.1) is 0 Å². The third-order valence-electron chi connectivity index (χ3n) is 5.00. The van der Waals surface area contributed by atoms with Crippen molar-refractivity contribution in [2.45, 2.75) is 5.54 Å². The Bertz CT molecular complexity index is 1020. The van der Waals surface area contributed by atoms with Crippen LogP contribution in [0.4, 0.5) is 4.39 Å². The van der Waals surface area contributed by atoms with E-state index in [1.807, 2.05) is 59.2 Å². The molecule has 0 saturated heterocycles. The first-order valence-corrected chi connectivity index (χ1v) is 9.29. The Balaban J connectivity index is 2.06. The van der Waals surface area contributed by atoms with Gasteiger partial charge in [0.25, 0.3) is 0 Å². The zero-order valence-corrected chi connectivity index (χ0v) is 15.7. The topological polar surface area (TPSA) is 34.9 Å². The lowest BCUT2D eigenvalue weighted by molar-refractivity contribution is -0.104. The molecule has 1 heterocycles. The SMILES string of the molecule is O=C/C=C(\F)c1cn(C(c2ccccc2)(c2ccccc2)c2ccccc2)cn1. The second-order valence-corrected chi connectivity index (χ2v) is 6.63. The average Bonchev–Trinajstić information content (AvgIpc) is 3.27. The third kappa shape index (κ3) is 3.29. The van der Waals surface area contributed by atoms with Gasteiger partial charge in [0.15, 0.2) is 5.83 Å². The normalized spacial score (nSPS) is 12.0. The van der Waals surface area contributed by atoms with Crippen molar-refractivity contribution in [3.8, 4) is 0 Å². The van der Waals surface area contributed by atoms with Crippen molar-refractivity contribution in [1.82, 2.24) is 9.55 Å². The van der Waals surface area contributed by atoms with Gasteiger partial charge in [-0.25, -0.2) is 9.37 Å². The van der Waals surface area contributed by atoms with Gasteiger partial charge in [0.1, 0.15) is 17.5 Å². The average molecular weight is 382 g/mol. The van der Waals surface area contributed by atoms with Crippen LogP contribution in [-0.2, 0) is 10.3 Å². The van der Waals surface area contributed by atoms with Crippen LogP contribution in [0.15, 0.2) is 110 Å². The van der Waals surface area contributed by atoms with Gasteiger partial charge in [-0.2, -0.15) is 0 Å². The Morgan fingerprint density at radius 2 is 1.24 bits per heavy atom. The molecule has 0 unspecified atom stereocenters. The maximum atomic E-state index is 14.3. The van der Waals surface area contributed by atoms with Gasteiger partial charge in [0.05, 0.1) is 6.33 Å². The van der Waals surface area contributed by atoms with Gasteiger partial charge >= 0.3 is 0 Å². The summed E-state index contributed by atoms with van der Waals surface area (Å²) in [4.78, 5) is 14.9. The fourth-order valence-corrected chi connectivity index (χ4v) is 3.76. The van der Waals surface area contributed by atoms with Crippen LogP contribution in [-0.4, -0.2) is 15.8 Å². The van der Waals surface area contributed by atoms with Crippen LogP contribution in [0.25, 0.3) is 5.83 Å². The molecule has 0 atom stereocenters. The van der Waals surface area contributed by atoms with Gasteiger partial charge in [0, 0.05) is 12.3 Å². The molecule has 3 aromatic carbocycles. The van der Waals surface area contributed by atoms with Crippen molar-refractivity contribution < 1.29 is 9.18 Å². The molecule has 0 bridgehead atoms. The van der Waals surface area contributed by atoms with Crippen LogP contribution in [0.5, 0.6) is 0 Å². The molecule has 0 aliphatic heterocycles. The minimum Gasteiger partial charge on any atom is -0.318 e. The molecule has 0 amide bonds. The molecule has 4 rings (SSSR count). The van der Waals surface area contributed by atoms with Crippen LogP contribution in [0.3, 0.4) is 0 Å². The van der Waals surface area contributed by atoms with Crippen LogP contribution < -0.4 is 0 Å². The quantitative estimate of drug-likeness (QED) is 0.260. The summed E-state index contributed by atoms with van der Waals surface area (Å²) in [6.45, 7) is 0. The van der Waals surface area contributed by atoms with E-state index in [1.54, 1.807) is 12.5 Å². The highest BCUT2D eigenvalue weighted by atomic mass is 19.1. The molecule has 3 nitrogen and oxygen atoms in total. The van der Waals surface area contributed by atoms with E-state index in [0.29, 0.717) is 6.29 Å². The largest absolute Gasteiger partial charge is 0.318 e. The van der Waals surface area contributed by atoms with Crippen molar-refractivity contribution in [2.75, 3.05) is 0 Å². The highest BCUT2D eigenvalue weighted by molar-refractivity contribution is 5.77. The molecule has 4 aromatic rings.